The highest BCUT2D eigenvalue weighted by atomic mass is 79.9. The highest BCUT2D eigenvalue weighted by Crippen LogP contribution is 2.25. The van der Waals surface area contributed by atoms with Gasteiger partial charge in [-0.3, -0.25) is 4.79 Å². The molecular formula is C24H25BrN4O2. The third-order valence-corrected chi connectivity index (χ3v) is 5.11. The molecule has 0 aliphatic rings. The molecule has 0 unspecified atom stereocenters. The van der Waals surface area contributed by atoms with Crippen molar-refractivity contribution in [3.63, 3.8) is 0 Å². The van der Waals surface area contributed by atoms with Crippen LogP contribution < -0.4 is 15.2 Å². The monoisotopic (exact) mass is 480 g/mol. The van der Waals surface area contributed by atoms with Crippen molar-refractivity contribution in [2.24, 2.45) is 5.10 Å². The predicted molar refractivity (Wildman–Crippen MR) is 130 cm³/mol. The van der Waals surface area contributed by atoms with E-state index in [2.05, 4.69) is 27.0 Å². The molecule has 0 aliphatic carbocycles. The second kappa shape index (κ2) is 8.94. The Bertz CT molecular complexity index is 1250. The van der Waals surface area contributed by atoms with Gasteiger partial charge in [0.05, 0.1) is 17.1 Å². The summed E-state index contributed by atoms with van der Waals surface area (Å²) in [6.45, 7) is 6.13. The normalized spacial score (nSPS) is 11.6. The summed E-state index contributed by atoms with van der Waals surface area (Å²) in [5.74, 6) is 3.64. The van der Waals surface area contributed by atoms with Gasteiger partial charge in [-0.1, -0.05) is 42.6 Å². The first-order chi connectivity index (χ1) is 14.6. The summed E-state index contributed by atoms with van der Waals surface area (Å²) in [5.41, 5.74) is 1.69. The Kier molecular flexibility index (Phi) is 6.51. The standard InChI is InChI=1S/C24H25BrN4O2/c1-7-12-31-21-14-18(28(5)6)10-8-16(21)15-26-29-22(30)19-13-17(25)9-11-20(19)27-23(29)24(2,3)4/h1,8-11,13-15H,12H2,2-6H3. The van der Waals surface area contributed by atoms with Gasteiger partial charge in [-0.2, -0.15) is 9.78 Å². The van der Waals surface area contributed by atoms with E-state index < -0.39 is 5.41 Å². The second-order valence-electron chi connectivity index (χ2n) is 8.32. The molecule has 0 bridgehead atoms. The van der Waals surface area contributed by atoms with Crippen LogP contribution in [0, 0.1) is 12.3 Å². The van der Waals surface area contributed by atoms with Crippen LogP contribution in [0.2, 0.25) is 0 Å². The first-order valence-corrected chi connectivity index (χ1v) is 10.6. The van der Waals surface area contributed by atoms with Crippen LogP contribution in [0.15, 0.2) is 50.8 Å². The molecule has 1 aromatic heterocycles. The summed E-state index contributed by atoms with van der Waals surface area (Å²) in [6, 6.07) is 11.2. The van der Waals surface area contributed by atoms with E-state index in [0.717, 1.165) is 10.2 Å². The zero-order valence-electron chi connectivity index (χ0n) is 18.3. The summed E-state index contributed by atoms with van der Waals surface area (Å²) >= 11 is 3.43. The maximum absolute atomic E-state index is 13.3. The largest absolute Gasteiger partial charge is 0.480 e. The van der Waals surface area contributed by atoms with E-state index in [1.54, 1.807) is 12.3 Å². The van der Waals surface area contributed by atoms with Crippen LogP contribution >= 0.6 is 15.9 Å². The zero-order chi connectivity index (χ0) is 22.8. The van der Waals surface area contributed by atoms with Crippen LogP contribution in [0.3, 0.4) is 0 Å². The maximum Gasteiger partial charge on any atom is 0.282 e. The summed E-state index contributed by atoms with van der Waals surface area (Å²) in [7, 11) is 3.89. The van der Waals surface area contributed by atoms with Crippen LogP contribution in [0.25, 0.3) is 10.9 Å². The number of ether oxygens (including phenoxy) is 1. The van der Waals surface area contributed by atoms with E-state index in [1.165, 1.54) is 4.68 Å². The molecule has 0 spiro atoms. The van der Waals surface area contributed by atoms with E-state index in [4.69, 9.17) is 16.1 Å². The lowest BCUT2D eigenvalue weighted by Crippen LogP contribution is -2.29. The van der Waals surface area contributed by atoms with Gasteiger partial charge in [0.2, 0.25) is 0 Å². The first kappa shape index (κ1) is 22.6. The van der Waals surface area contributed by atoms with Gasteiger partial charge >= 0.3 is 0 Å². The lowest BCUT2D eigenvalue weighted by atomic mass is 9.95. The van der Waals surface area contributed by atoms with Gasteiger partial charge in [-0.15, -0.1) is 6.42 Å². The van der Waals surface area contributed by atoms with Crippen molar-refractivity contribution < 1.29 is 4.74 Å². The van der Waals surface area contributed by atoms with Gasteiger partial charge in [-0.25, -0.2) is 4.98 Å². The zero-order valence-corrected chi connectivity index (χ0v) is 19.9. The third-order valence-electron chi connectivity index (χ3n) is 4.62. The average molecular weight is 481 g/mol. The van der Waals surface area contributed by atoms with Crippen LogP contribution in [-0.4, -0.2) is 36.6 Å². The van der Waals surface area contributed by atoms with Crippen LogP contribution in [0.4, 0.5) is 5.69 Å². The minimum Gasteiger partial charge on any atom is -0.480 e. The number of nitrogens with zero attached hydrogens (tertiary/aromatic N) is 4. The van der Waals surface area contributed by atoms with Crippen LogP contribution in [0.1, 0.15) is 32.2 Å². The van der Waals surface area contributed by atoms with E-state index >= 15 is 0 Å². The molecule has 0 fully saturated rings. The highest BCUT2D eigenvalue weighted by Gasteiger charge is 2.23. The third kappa shape index (κ3) is 4.97. The number of hydrogen-bond acceptors (Lipinski definition) is 5. The van der Waals surface area contributed by atoms with Crippen LogP contribution in [0.5, 0.6) is 5.75 Å². The molecule has 1 heterocycles. The number of aromatic nitrogens is 2. The number of hydrogen-bond donors (Lipinski definition) is 0. The summed E-state index contributed by atoms with van der Waals surface area (Å²) in [5, 5.41) is 5.01. The Labute approximate surface area is 190 Å². The molecule has 0 atom stereocenters. The Morgan fingerprint density at radius 1 is 1.26 bits per heavy atom. The van der Waals surface area contributed by atoms with E-state index in [-0.39, 0.29) is 12.2 Å². The Hall–Kier alpha value is -3.11. The average Bonchev–Trinajstić information content (AvgIpc) is 2.71. The SMILES string of the molecule is C#CCOc1cc(N(C)C)ccc1C=Nn1c(C(C)(C)C)nc2ccc(Br)cc2c1=O. The summed E-state index contributed by atoms with van der Waals surface area (Å²) in [4.78, 5) is 20.0. The lowest BCUT2D eigenvalue weighted by Gasteiger charge is -2.21. The smallest absolute Gasteiger partial charge is 0.282 e. The van der Waals surface area contributed by atoms with Crippen molar-refractivity contribution in [2.75, 3.05) is 25.6 Å². The molecular weight excluding hydrogens is 456 g/mol. The van der Waals surface area contributed by atoms with Crippen molar-refractivity contribution >= 4 is 38.7 Å². The van der Waals surface area contributed by atoms with E-state index in [0.29, 0.717) is 28.0 Å². The van der Waals surface area contributed by atoms with Gasteiger partial charge in [0, 0.05) is 41.3 Å². The maximum atomic E-state index is 13.3. The number of fused-ring (bicyclic) bond motifs is 1. The quantitative estimate of drug-likeness (QED) is 0.400. The Morgan fingerprint density at radius 2 is 2.00 bits per heavy atom. The first-order valence-electron chi connectivity index (χ1n) is 9.76. The van der Waals surface area contributed by atoms with Crippen molar-refractivity contribution in [3.05, 3.63) is 62.6 Å². The molecule has 31 heavy (non-hydrogen) atoms. The molecule has 0 saturated carbocycles. The topological polar surface area (TPSA) is 59.7 Å². The number of rotatable bonds is 5. The molecule has 0 amide bonds. The Balaban J connectivity index is 2.18. The molecule has 6 nitrogen and oxygen atoms in total. The predicted octanol–water partition coefficient (Wildman–Crippen LogP) is 4.42. The fraction of sp³-hybridized carbons (Fsp3) is 0.292. The number of anilines is 1. The number of halogens is 1. The van der Waals surface area contributed by atoms with Gasteiger partial charge in [0.25, 0.3) is 5.56 Å². The molecule has 0 radical (unpaired) electrons. The molecule has 0 aliphatic heterocycles. The van der Waals surface area contributed by atoms with Crippen molar-refractivity contribution in [2.45, 2.75) is 26.2 Å². The van der Waals surface area contributed by atoms with Gasteiger partial charge < -0.3 is 9.64 Å². The van der Waals surface area contributed by atoms with E-state index in [9.17, 15) is 4.79 Å². The molecule has 0 saturated heterocycles. The van der Waals surface area contributed by atoms with Gasteiger partial charge in [-0.05, 0) is 30.3 Å². The fourth-order valence-corrected chi connectivity index (χ4v) is 3.37. The molecule has 7 heteroatoms. The molecule has 3 aromatic rings. The van der Waals surface area contributed by atoms with E-state index in [1.807, 2.05) is 70.1 Å². The molecule has 0 N–H and O–H groups in total. The minimum atomic E-state index is -0.394. The summed E-state index contributed by atoms with van der Waals surface area (Å²) in [6.07, 6.45) is 6.97. The van der Waals surface area contributed by atoms with Gasteiger partial charge in [0.1, 0.15) is 18.2 Å². The van der Waals surface area contributed by atoms with Crippen LogP contribution in [-0.2, 0) is 5.41 Å². The molecule has 3 rings (SSSR count). The number of benzene rings is 2. The minimum absolute atomic E-state index is 0.135. The van der Waals surface area contributed by atoms with Crippen molar-refractivity contribution in [1.29, 1.82) is 0 Å². The number of terminal acetylenes is 1. The summed E-state index contributed by atoms with van der Waals surface area (Å²) < 4.78 is 7.88. The van der Waals surface area contributed by atoms with Gasteiger partial charge in [0.15, 0.2) is 0 Å². The van der Waals surface area contributed by atoms with Crippen molar-refractivity contribution in [1.82, 2.24) is 9.66 Å². The Morgan fingerprint density at radius 3 is 2.65 bits per heavy atom. The molecule has 2 aromatic carbocycles. The van der Waals surface area contributed by atoms with Crippen molar-refractivity contribution in [3.8, 4) is 18.1 Å². The fourth-order valence-electron chi connectivity index (χ4n) is 3.01. The highest BCUT2D eigenvalue weighted by molar-refractivity contribution is 9.10. The lowest BCUT2D eigenvalue weighted by molar-refractivity contribution is 0.370. The molecule has 160 valence electrons. The second-order valence-corrected chi connectivity index (χ2v) is 9.23.